The molecule has 1 aromatic heterocycles. The molecule has 0 aromatic carbocycles. The number of anilines is 2. The normalized spacial score (nSPS) is 12.2. The minimum absolute atomic E-state index is 0.0136. The maximum absolute atomic E-state index is 12.1. The van der Waals surface area contributed by atoms with Crippen molar-refractivity contribution in [1.29, 1.82) is 0 Å². The summed E-state index contributed by atoms with van der Waals surface area (Å²) in [6.45, 7) is 10.7. The second kappa shape index (κ2) is 8.06. The molecule has 0 radical (unpaired) electrons. The lowest BCUT2D eigenvalue weighted by Crippen LogP contribution is -2.32. The molecule has 20 heavy (non-hydrogen) atoms. The summed E-state index contributed by atoms with van der Waals surface area (Å²) in [6, 6.07) is 0. The first kappa shape index (κ1) is 16.7. The molecule has 0 fully saturated rings. The van der Waals surface area contributed by atoms with E-state index in [1.54, 1.807) is 0 Å². The number of nitrogens with two attached hydrogens (primary N) is 1. The lowest BCUT2D eigenvalue weighted by atomic mass is 10.4. The van der Waals surface area contributed by atoms with Crippen LogP contribution in [-0.2, 0) is 4.74 Å². The standard InChI is InChI=1S/C13H24N4O2S/c1-5-17(6-2)13-16-11(14)10(20-13)12(18)15-8-9(4)19-7-3/h9H,5-8,14H2,1-4H3,(H,15,18). The fourth-order valence-electron chi connectivity index (χ4n) is 1.77. The number of carbonyl (C=O) groups is 1. The highest BCUT2D eigenvalue weighted by atomic mass is 32.1. The molecule has 1 heterocycles. The van der Waals surface area contributed by atoms with Crippen LogP contribution < -0.4 is 16.0 Å². The van der Waals surface area contributed by atoms with Crippen LogP contribution in [0.25, 0.3) is 0 Å². The predicted octanol–water partition coefficient (Wildman–Crippen LogP) is 1.73. The van der Waals surface area contributed by atoms with Crippen molar-refractivity contribution in [2.75, 3.05) is 36.9 Å². The third kappa shape index (κ3) is 4.35. The van der Waals surface area contributed by atoms with Gasteiger partial charge >= 0.3 is 0 Å². The molecule has 1 aromatic rings. The monoisotopic (exact) mass is 300 g/mol. The lowest BCUT2D eigenvalue weighted by Gasteiger charge is -2.16. The van der Waals surface area contributed by atoms with Gasteiger partial charge in [0.25, 0.3) is 5.91 Å². The summed E-state index contributed by atoms with van der Waals surface area (Å²) in [6.07, 6.45) is -0.0136. The van der Waals surface area contributed by atoms with E-state index in [1.165, 1.54) is 11.3 Å². The molecule has 6 nitrogen and oxygen atoms in total. The molecule has 1 amide bonds. The molecule has 0 saturated carbocycles. The van der Waals surface area contributed by atoms with E-state index in [0.29, 0.717) is 23.8 Å². The minimum Gasteiger partial charge on any atom is -0.382 e. The molecule has 1 rings (SSSR count). The quantitative estimate of drug-likeness (QED) is 0.764. The summed E-state index contributed by atoms with van der Waals surface area (Å²) in [5.74, 6) is 0.100. The van der Waals surface area contributed by atoms with Gasteiger partial charge in [-0.25, -0.2) is 4.98 Å². The second-order valence-corrected chi connectivity index (χ2v) is 5.34. The van der Waals surface area contributed by atoms with Gasteiger partial charge in [0.1, 0.15) is 10.7 Å². The van der Waals surface area contributed by atoms with Gasteiger partial charge in [0.2, 0.25) is 0 Å². The van der Waals surface area contributed by atoms with Gasteiger partial charge in [0.15, 0.2) is 5.13 Å². The number of ether oxygens (including phenoxy) is 1. The van der Waals surface area contributed by atoms with Crippen LogP contribution in [0.15, 0.2) is 0 Å². The van der Waals surface area contributed by atoms with E-state index >= 15 is 0 Å². The fraction of sp³-hybridized carbons (Fsp3) is 0.692. The van der Waals surface area contributed by atoms with E-state index in [1.807, 2.05) is 27.7 Å². The van der Waals surface area contributed by atoms with Crippen molar-refractivity contribution in [2.45, 2.75) is 33.8 Å². The third-order valence-electron chi connectivity index (χ3n) is 2.88. The molecule has 114 valence electrons. The second-order valence-electron chi connectivity index (χ2n) is 4.36. The average molecular weight is 300 g/mol. The summed E-state index contributed by atoms with van der Waals surface area (Å²) in [7, 11) is 0. The number of nitrogens with one attached hydrogen (secondary N) is 1. The van der Waals surface area contributed by atoms with E-state index in [0.717, 1.165) is 18.2 Å². The number of carbonyl (C=O) groups excluding carboxylic acids is 1. The number of hydrogen-bond donors (Lipinski definition) is 2. The van der Waals surface area contributed by atoms with E-state index in [-0.39, 0.29) is 12.0 Å². The van der Waals surface area contributed by atoms with E-state index in [4.69, 9.17) is 10.5 Å². The van der Waals surface area contributed by atoms with Crippen molar-refractivity contribution in [1.82, 2.24) is 10.3 Å². The molecular weight excluding hydrogens is 276 g/mol. The molecule has 0 aliphatic carbocycles. The highest BCUT2D eigenvalue weighted by Crippen LogP contribution is 2.27. The summed E-state index contributed by atoms with van der Waals surface area (Å²) < 4.78 is 5.37. The Morgan fingerprint density at radius 3 is 2.65 bits per heavy atom. The van der Waals surface area contributed by atoms with Crippen LogP contribution in [0, 0.1) is 0 Å². The zero-order valence-corrected chi connectivity index (χ0v) is 13.4. The Kier molecular flexibility index (Phi) is 6.74. The van der Waals surface area contributed by atoms with Crippen molar-refractivity contribution in [3.05, 3.63) is 4.88 Å². The van der Waals surface area contributed by atoms with Gasteiger partial charge in [-0.15, -0.1) is 0 Å². The number of amides is 1. The number of hydrogen-bond acceptors (Lipinski definition) is 6. The third-order valence-corrected chi connectivity index (χ3v) is 4.01. The maximum Gasteiger partial charge on any atom is 0.265 e. The largest absolute Gasteiger partial charge is 0.382 e. The molecule has 1 unspecified atom stereocenters. The van der Waals surface area contributed by atoms with Gasteiger partial charge in [0.05, 0.1) is 6.10 Å². The SMILES string of the molecule is CCOC(C)CNC(=O)c1sc(N(CC)CC)nc1N. The Morgan fingerprint density at radius 2 is 2.10 bits per heavy atom. The summed E-state index contributed by atoms with van der Waals surface area (Å²) >= 11 is 1.33. The molecule has 3 N–H and O–H groups in total. The van der Waals surface area contributed by atoms with Crippen molar-refractivity contribution >= 4 is 28.2 Å². The molecule has 7 heteroatoms. The number of nitrogens with zero attached hydrogens (tertiary/aromatic N) is 2. The Labute approximate surface area is 124 Å². The van der Waals surface area contributed by atoms with Gasteiger partial charge in [-0.05, 0) is 27.7 Å². The summed E-state index contributed by atoms with van der Waals surface area (Å²) in [5.41, 5.74) is 5.84. The smallest absolute Gasteiger partial charge is 0.265 e. The number of nitrogen functional groups attached to an aromatic ring is 1. The van der Waals surface area contributed by atoms with Gasteiger partial charge in [0, 0.05) is 26.2 Å². The first-order valence-electron chi connectivity index (χ1n) is 6.94. The number of thiazole rings is 1. The van der Waals surface area contributed by atoms with Gasteiger partial charge in [-0.2, -0.15) is 0 Å². The molecule has 1 atom stereocenters. The summed E-state index contributed by atoms with van der Waals surface area (Å²) in [5, 5.41) is 3.61. The van der Waals surface area contributed by atoms with Crippen LogP contribution in [0.4, 0.5) is 10.9 Å². The zero-order chi connectivity index (χ0) is 15.1. The van der Waals surface area contributed by atoms with E-state index in [9.17, 15) is 4.79 Å². The Hall–Kier alpha value is -1.34. The summed E-state index contributed by atoms with van der Waals surface area (Å²) in [4.78, 5) is 18.9. The first-order chi connectivity index (χ1) is 9.53. The first-order valence-corrected chi connectivity index (χ1v) is 7.76. The molecule has 0 bridgehead atoms. The van der Waals surface area contributed by atoms with Crippen molar-refractivity contribution in [2.24, 2.45) is 0 Å². The van der Waals surface area contributed by atoms with Crippen LogP contribution in [-0.4, -0.2) is 43.2 Å². The molecule has 0 aliphatic rings. The molecule has 0 saturated heterocycles. The Balaban J connectivity index is 2.69. The van der Waals surface area contributed by atoms with Crippen molar-refractivity contribution in [3.8, 4) is 0 Å². The lowest BCUT2D eigenvalue weighted by molar-refractivity contribution is 0.0697. The van der Waals surface area contributed by atoms with Gasteiger partial charge < -0.3 is 20.7 Å². The Bertz CT molecular complexity index is 432. The number of aromatic nitrogens is 1. The topological polar surface area (TPSA) is 80.5 Å². The van der Waals surface area contributed by atoms with Crippen LogP contribution in [0.2, 0.25) is 0 Å². The maximum atomic E-state index is 12.1. The molecule has 0 aliphatic heterocycles. The fourth-order valence-corrected chi connectivity index (χ4v) is 2.80. The van der Waals surface area contributed by atoms with Crippen LogP contribution in [0.3, 0.4) is 0 Å². The Morgan fingerprint density at radius 1 is 1.45 bits per heavy atom. The van der Waals surface area contributed by atoms with Crippen LogP contribution in [0.5, 0.6) is 0 Å². The predicted molar refractivity (Wildman–Crippen MR) is 83.5 cm³/mol. The van der Waals surface area contributed by atoms with E-state index in [2.05, 4.69) is 15.2 Å². The van der Waals surface area contributed by atoms with Crippen molar-refractivity contribution < 1.29 is 9.53 Å². The molecule has 0 spiro atoms. The minimum atomic E-state index is -0.190. The average Bonchev–Trinajstić information content (AvgIpc) is 2.80. The van der Waals surface area contributed by atoms with E-state index < -0.39 is 0 Å². The van der Waals surface area contributed by atoms with Crippen LogP contribution in [0.1, 0.15) is 37.4 Å². The van der Waals surface area contributed by atoms with Gasteiger partial charge in [-0.3, -0.25) is 4.79 Å². The highest BCUT2D eigenvalue weighted by Gasteiger charge is 2.18. The highest BCUT2D eigenvalue weighted by molar-refractivity contribution is 7.18. The van der Waals surface area contributed by atoms with Crippen LogP contribution >= 0.6 is 11.3 Å². The van der Waals surface area contributed by atoms with Gasteiger partial charge in [-0.1, -0.05) is 11.3 Å². The zero-order valence-electron chi connectivity index (χ0n) is 12.6. The molecular formula is C13H24N4O2S. The van der Waals surface area contributed by atoms with Crippen molar-refractivity contribution in [3.63, 3.8) is 0 Å². The number of rotatable bonds is 8.